The zero-order chi connectivity index (χ0) is 25.4. The summed E-state index contributed by atoms with van der Waals surface area (Å²) in [7, 11) is 4.58. The van der Waals surface area contributed by atoms with Crippen LogP contribution in [0.5, 0.6) is 23.0 Å². The zero-order valence-electron chi connectivity index (χ0n) is 20.1. The molecule has 2 aliphatic heterocycles. The summed E-state index contributed by atoms with van der Waals surface area (Å²) in [6.07, 6.45) is 0.779. The highest BCUT2D eigenvalue weighted by Crippen LogP contribution is 2.41. The van der Waals surface area contributed by atoms with E-state index in [9.17, 15) is 9.59 Å². The number of benzene rings is 3. The van der Waals surface area contributed by atoms with E-state index in [1.165, 1.54) is 20.3 Å². The molecule has 3 aromatic carbocycles. The third-order valence-electron chi connectivity index (χ3n) is 6.41. The lowest BCUT2D eigenvalue weighted by Crippen LogP contribution is -2.39. The van der Waals surface area contributed by atoms with E-state index in [1.54, 1.807) is 25.2 Å². The number of nitrogens with zero attached hydrogens (tertiary/aromatic N) is 1. The summed E-state index contributed by atoms with van der Waals surface area (Å²) in [6.45, 7) is 0.577. The highest BCUT2D eigenvalue weighted by molar-refractivity contribution is 6.12. The Labute approximate surface area is 207 Å². The molecule has 10 nitrogen and oxygen atoms in total. The van der Waals surface area contributed by atoms with Crippen molar-refractivity contribution in [2.75, 3.05) is 43.3 Å². The molecule has 36 heavy (non-hydrogen) atoms. The van der Waals surface area contributed by atoms with Crippen LogP contribution in [0.15, 0.2) is 48.5 Å². The van der Waals surface area contributed by atoms with E-state index in [0.29, 0.717) is 29.2 Å². The van der Waals surface area contributed by atoms with Crippen LogP contribution in [0, 0.1) is 0 Å². The number of amides is 2. The lowest BCUT2D eigenvalue weighted by Gasteiger charge is -2.22. The second-order valence-electron chi connectivity index (χ2n) is 8.42. The normalized spacial score (nSPS) is 15.6. The molecular weight excluding hydrogens is 464 g/mol. The minimum absolute atomic E-state index is 0.00177. The Hall–Kier alpha value is -4.60. The number of carbonyl (C=O) groups is 2. The van der Waals surface area contributed by atoms with Gasteiger partial charge in [0.15, 0.2) is 11.5 Å². The number of primary amides is 1. The van der Waals surface area contributed by atoms with Crippen LogP contribution in [0.2, 0.25) is 0 Å². The average Bonchev–Trinajstić information content (AvgIpc) is 3.21. The van der Waals surface area contributed by atoms with Gasteiger partial charge in [-0.1, -0.05) is 18.2 Å². The van der Waals surface area contributed by atoms with Gasteiger partial charge in [-0.15, -0.1) is 0 Å². The lowest BCUT2D eigenvalue weighted by molar-refractivity contribution is -0.103. The Balaban J connectivity index is 1.46. The topological polar surface area (TPSA) is 124 Å². The molecule has 3 aromatic rings. The van der Waals surface area contributed by atoms with E-state index in [1.807, 2.05) is 23.1 Å². The van der Waals surface area contributed by atoms with Crippen molar-refractivity contribution in [2.24, 2.45) is 5.73 Å². The third kappa shape index (κ3) is 3.86. The van der Waals surface area contributed by atoms with Crippen molar-refractivity contribution in [2.45, 2.75) is 12.5 Å². The van der Waals surface area contributed by atoms with Gasteiger partial charge in [0.2, 0.25) is 11.5 Å². The molecule has 0 bridgehead atoms. The van der Waals surface area contributed by atoms with Gasteiger partial charge in [-0.2, -0.15) is 0 Å². The Morgan fingerprint density at radius 2 is 1.72 bits per heavy atom. The van der Waals surface area contributed by atoms with Crippen LogP contribution in [0.1, 0.15) is 26.3 Å². The summed E-state index contributed by atoms with van der Waals surface area (Å²) < 4.78 is 10.9. The highest BCUT2D eigenvalue weighted by Gasteiger charge is 2.37. The fourth-order valence-corrected chi connectivity index (χ4v) is 4.65. The van der Waals surface area contributed by atoms with E-state index in [2.05, 4.69) is 16.7 Å². The van der Waals surface area contributed by atoms with Gasteiger partial charge in [0.1, 0.15) is 0 Å². The molecule has 186 valence electrons. The second kappa shape index (κ2) is 9.21. The maximum Gasteiger partial charge on any atom is 0.260 e. The van der Waals surface area contributed by atoms with Crippen LogP contribution in [0.25, 0.3) is 0 Å². The number of carbonyl (C=O) groups excluding carboxylic acids is 2. The number of rotatable bonds is 7. The van der Waals surface area contributed by atoms with E-state index in [0.717, 1.165) is 17.7 Å². The number of methoxy groups -OCH3 is 2. The van der Waals surface area contributed by atoms with Crippen molar-refractivity contribution in [1.29, 1.82) is 0 Å². The SMILES string of the molecule is CNc1cc(OOc2cc3c(cc2OC)C(=O)N2c4ccccc4C[C@H]2CN3)c(OC)cc1C(N)=O. The van der Waals surface area contributed by atoms with Gasteiger partial charge >= 0.3 is 0 Å². The average molecular weight is 491 g/mol. The maximum atomic E-state index is 13.6. The first kappa shape index (κ1) is 23.2. The highest BCUT2D eigenvalue weighted by atomic mass is 17.2. The monoisotopic (exact) mass is 490 g/mol. The molecule has 0 unspecified atom stereocenters. The molecule has 2 aliphatic rings. The van der Waals surface area contributed by atoms with Crippen LogP contribution in [-0.4, -0.2) is 45.7 Å². The molecule has 0 radical (unpaired) electrons. The fraction of sp³-hybridized carbons (Fsp3) is 0.231. The largest absolute Gasteiger partial charge is 0.493 e. The Kier molecular flexibility index (Phi) is 5.93. The molecule has 0 saturated heterocycles. The Morgan fingerprint density at radius 3 is 2.42 bits per heavy atom. The van der Waals surface area contributed by atoms with E-state index in [4.69, 9.17) is 25.0 Å². The fourth-order valence-electron chi connectivity index (χ4n) is 4.65. The first-order chi connectivity index (χ1) is 17.4. The van der Waals surface area contributed by atoms with Gasteiger partial charge in [0.05, 0.1) is 42.8 Å². The smallest absolute Gasteiger partial charge is 0.260 e. The molecule has 5 rings (SSSR count). The minimum atomic E-state index is -0.614. The summed E-state index contributed by atoms with van der Waals surface area (Å²) in [4.78, 5) is 38.4. The van der Waals surface area contributed by atoms with Gasteiger partial charge in [-0.05, 0) is 30.2 Å². The van der Waals surface area contributed by atoms with Crippen molar-refractivity contribution in [3.63, 3.8) is 0 Å². The standard InChI is InChI=1S/C26H26N4O6/c1-28-18-11-23(21(33-2)9-16(18)25(27)31)35-36-24-12-19-17(10-22(24)34-3)26(32)30-15(13-29-19)8-14-6-4-5-7-20(14)30/h4-7,9-12,15,28-29H,8,13H2,1-3H3,(H2,27,31)/t15-/m0/s1. The van der Waals surface area contributed by atoms with Gasteiger partial charge in [-0.3, -0.25) is 19.4 Å². The van der Waals surface area contributed by atoms with E-state index in [-0.39, 0.29) is 34.8 Å². The molecule has 0 saturated carbocycles. The molecule has 2 amide bonds. The summed E-state index contributed by atoms with van der Waals surface area (Å²) in [5, 5.41) is 6.27. The van der Waals surface area contributed by atoms with Gasteiger partial charge in [-0.25, -0.2) is 0 Å². The van der Waals surface area contributed by atoms with Crippen molar-refractivity contribution in [3.8, 4) is 23.0 Å². The molecule has 0 aromatic heterocycles. The van der Waals surface area contributed by atoms with Crippen molar-refractivity contribution < 1.29 is 28.8 Å². The predicted molar refractivity (Wildman–Crippen MR) is 135 cm³/mol. The van der Waals surface area contributed by atoms with Gasteiger partial charge < -0.3 is 30.7 Å². The van der Waals surface area contributed by atoms with E-state index < -0.39 is 5.91 Å². The number of anilines is 3. The molecule has 2 heterocycles. The van der Waals surface area contributed by atoms with Crippen LogP contribution in [-0.2, 0) is 6.42 Å². The van der Waals surface area contributed by atoms with Gasteiger partial charge in [0, 0.05) is 31.4 Å². The molecule has 1 atom stereocenters. The minimum Gasteiger partial charge on any atom is -0.493 e. The summed E-state index contributed by atoms with van der Waals surface area (Å²) >= 11 is 0. The number of nitrogens with two attached hydrogens (primary N) is 1. The van der Waals surface area contributed by atoms with Crippen molar-refractivity contribution >= 4 is 28.9 Å². The summed E-state index contributed by atoms with van der Waals surface area (Å²) in [5.41, 5.74) is 9.31. The molecule has 0 fully saturated rings. The lowest BCUT2D eigenvalue weighted by atomic mass is 10.1. The Bertz CT molecular complexity index is 1360. The van der Waals surface area contributed by atoms with Crippen molar-refractivity contribution in [3.05, 3.63) is 65.2 Å². The number of nitrogens with one attached hydrogen (secondary N) is 2. The second-order valence-corrected chi connectivity index (χ2v) is 8.42. The van der Waals surface area contributed by atoms with Crippen LogP contribution in [0.3, 0.4) is 0 Å². The number of ether oxygens (including phenoxy) is 2. The number of hydrogen-bond acceptors (Lipinski definition) is 8. The van der Waals surface area contributed by atoms with Crippen LogP contribution in [0.4, 0.5) is 17.1 Å². The number of fused-ring (bicyclic) bond motifs is 4. The molecule has 4 N–H and O–H groups in total. The van der Waals surface area contributed by atoms with Gasteiger partial charge in [0.25, 0.3) is 11.8 Å². The molecular formula is C26H26N4O6. The number of para-hydroxylation sites is 1. The Morgan fingerprint density at radius 1 is 1.03 bits per heavy atom. The first-order valence-corrected chi connectivity index (χ1v) is 11.4. The zero-order valence-corrected chi connectivity index (χ0v) is 20.1. The molecule has 10 heteroatoms. The third-order valence-corrected chi connectivity index (χ3v) is 6.41. The first-order valence-electron chi connectivity index (χ1n) is 11.4. The van der Waals surface area contributed by atoms with Crippen molar-refractivity contribution in [1.82, 2.24) is 0 Å². The predicted octanol–water partition coefficient (Wildman–Crippen LogP) is 3.21. The quantitative estimate of drug-likeness (QED) is 0.341. The summed E-state index contributed by atoms with van der Waals surface area (Å²) in [6, 6.07) is 14.3. The summed E-state index contributed by atoms with van der Waals surface area (Å²) in [5.74, 6) is 0.311. The van der Waals surface area contributed by atoms with E-state index >= 15 is 0 Å². The maximum absolute atomic E-state index is 13.6. The molecule has 0 spiro atoms. The number of hydrogen-bond donors (Lipinski definition) is 3. The van der Waals surface area contributed by atoms with Crippen LogP contribution >= 0.6 is 0 Å². The molecule has 0 aliphatic carbocycles. The van der Waals surface area contributed by atoms with Crippen LogP contribution < -0.4 is 40.5 Å².